The topological polar surface area (TPSA) is 83.3 Å². The lowest BCUT2D eigenvalue weighted by molar-refractivity contribution is 0.0940. The Labute approximate surface area is 182 Å². The molecular formula is C24H29N5O2. The van der Waals surface area contributed by atoms with Gasteiger partial charge in [0.2, 0.25) is 0 Å². The van der Waals surface area contributed by atoms with Crippen molar-refractivity contribution in [2.75, 3.05) is 18.0 Å². The summed E-state index contributed by atoms with van der Waals surface area (Å²) in [6.45, 7) is 6.54. The Bertz CT molecular complexity index is 979. The number of hydrogen-bond acceptors (Lipinski definition) is 6. The number of carbonyl (C=O) groups is 1. The van der Waals surface area contributed by atoms with Gasteiger partial charge in [0.15, 0.2) is 0 Å². The Morgan fingerprint density at radius 2 is 1.81 bits per heavy atom. The van der Waals surface area contributed by atoms with E-state index in [9.17, 15) is 4.79 Å². The van der Waals surface area contributed by atoms with Crippen LogP contribution in [-0.2, 0) is 6.54 Å². The molecule has 162 valence electrons. The van der Waals surface area contributed by atoms with Crippen molar-refractivity contribution in [2.45, 2.75) is 45.3 Å². The molecule has 1 atom stereocenters. The summed E-state index contributed by atoms with van der Waals surface area (Å²) in [7, 11) is 0. The molecule has 0 unspecified atom stereocenters. The van der Waals surface area contributed by atoms with Crippen molar-refractivity contribution < 1.29 is 9.42 Å². The fourth-order valence-electron chi connectivity index (χ4n) is 3.92. The van der Waals surface area contributed by atoms with Crippen molar-refractivity contribution in [1.29, 1.82) is 0 Å². The number of carbonyl (C=O) groups excluding carboxylic acids is 1. The lowest BCUT2D eigenvalue weighted by Gasteiger charge is -2.34. The van der Waals surface area contributed by atoms with Gasteiger partial charge in [-0.15, -0.1) is 0 Å². The van der Waals surface area contributed by atoms with Crippen LogP contribution in [-0.4, -0.2) is 35.4 Å². The van der Waals surface area contributed by atoms with E-state index in [4.69, 9.17) is 4.63 Å². The maximum Gasteiger partial charge on any atom is 0.251 e. The van der Waals surface area contributed by atoms with Crippen molar-refractivity contribution in [3.63, 3.8) is 0 Å². The molecule has 1 saturated heterocycles. The highest BCUT2D eigenvalue weighted by Gasteiger charge is 2.20. The van der Waals surface area contributed by atoms with E-state index < -0.39 is 0 Å². The molecule has 7 nitrogen and oxygen atoms in total. The Morgan fingerprint density at radius 1 is 1.10 bits per heavy atom. The average molecular weight is 420 g/mol. The van der Waals surface area contributed by atoms with E-state index in [0.29, 0.717) is 18.2 Å². The summed E-state index contributed by atoms with van der Waals surface area (Å²) in [5.74, 6) is -0.0524. The maximum absolute atomic E-state index is 12.6. The molecule has 1 aliphatic rings. The molecule has 2 heterocycles. The fourth-order valence-corrected chi connectivity index (χ4v) is 3.92. The van der Waals surface area contributed by atoms with Gasteiger partial charge in [-0.3, -0.25) is 4.79 Å². The summed E-state index contributed by atoms with van der Waals surface area (Å²) in [6, 6.07) is 18.3. The molecular weight excluding hydrogens is 390 g/mol. The normalized spacial score (nSPS) is 15.6. The predicted molar refractivity (Wildman–Crippen MR) is 120 cm³/mol. The van der Waals surface area contributed by atoms with Gasteiger partial charge in [0, 0.05) is 36.9 Å². The first kappa shape index (κ1) is 21.1. The number of hydrogen-bond donors (Lipinski definition) is 2. The third-order valence-corrected chi connectivity index (χ3v) is 5.94. The van der Waals surface area contributed by atoms with Crippen LogP contribution >= 0.6 is 0 Å². The van der Waals surface area contributed by atoms with Gasteiger partial charge in [-0.2, -0.15) is 0 Å². The van der Waals surface area contributed by atoms with Gasteiger partial charge >= 0.3 is 0 Å². The molecule has 31 heavy (non-hydrogen) atoms. The summed E-state index contributed by atoms with van der Waals surface area (Å²) in [6.07, 6.45) is 2.11. The lowest BCUT2D eigenvalue weighted by atomic mass is 10.0. The van der Waals surface area contributed by atoms with Gasteiger partial charge in [0.05, 0.1) is 6.04 Å². The van der Waals surface area contributed by atoms with Crippen LogP contribution < -0.4 is 15.5 Å². The van der Waals surface area contributed by atoms with Gasteiger partial charge in [-0.05, 0) is 56.5 Å². The molecule has 0 bridgehead atoms. The summed E-state index contributed by atoms with van der Waals surface area (Å²) in [5, 5.41) is 14.4. The SMILES string of the molecule is Cc1nonc1CNC1CCN(c2ccc(C(=O)N[C@@H](C)c3ccccc3)cc2)CC1. The summed E-state index contributed by atoms with van der Waals surface area (Å²) < 4.78 is 4.75. The molecule has 1 aromatic heterocycles. The van der Waals surface area contributed by atoms with Crippen LogP contribution in [0.3, 0.4) is 0 Å². The number of aromatic nitrogens is 2. The zero-order valence-corrected chi connectivity index (χ0v) is 18.0. The second kappa shape index (κ2) is 9.75. The smallest absolute Gasteiger partial charge is 0.251 e. The molecule has 3 aromatic rings. The second-order valence-electron chi connectivity index (χ2n) is 8.09. The van der Waals surface area contributed by atoms with Crippen LogP contribution in [0.4, 0.5) is 5.69 Å². The van der Waals surface area contributed by atoms with E-state index in [-0.39, 0.29) is 11.9 Å². The van der Waals surface area contributed by atoms with E-state index in [2.05, 4.69) is 25.8 Å². The Balaban J connectivity index is 1.26. The minimum atomic E-state index is -0.0524. The zero-order chi connectivity index (χ0) is 21.6. The molecule has 1 amide bonds. The van der Waals surface area contributed by atoms with E-state index in [1.165, 1.54) is 0 Å². The van der Waals surface area contributed by atoms with Crippen molar-refractivity contribution >= 4 is 11.6 Å². The molecule has 0 aliphatic carbocycles. The summed E-state index contributed by atoms with van der Waals surface area (Å²) in [4.78, 5) is 15.0. The van der Waals surface area contributed by atoms with Crippen LogP contribution in [0.15, 0.2) is 59.2 Å². The van der Waals surface area contributed by atoms with E-state index in [1.54, 1.807) is 0 Å². The third-order valence-electron chi connectivity index (χ3n) is 5.94. The van der Waals surface area contributed by atoms with Crippen molar-refractivity contribution in [3.05, 3.63) is 77.1 Å². The Morgan fingerprint density at radius 3 is 2.45 bits per heavy atom. The average Bonchev–Trinajstić information content (AvgIpc) is 3.23. The third kappa shape index (κ3) is 5.30. The molecule has 1 aliphatic heterocycles. The van der Waals surface area contributed by atoms with Gasteiger partial charge in [-0.25, -0.2) is 4.63 Å². The molecule has 4 rings (SSSR count). The number of piperidine rings is 1. The minimum absolute atomic E-state index is 0.0308. The highest BCUT2D eigenvalue weighted by molar-refractivity contribution is 5.94. The first-order valence-electron chi connectivity index (χ1n) is 10.8. The van der Waals surface area contributed by atoms with Crippen molar-refractivity contribution in [1.82, 2.24) is 20.9 Å². The number of nitrogens with one attached hydrogen (secondary N) is 2. The molecule has 0 saturated carbocycles. The number of rotatable bonds is 7. The van der Waals surface area contributed by atoms with Gasteiger partial charge in [-0.1, -0.05) is 40.6 Å². The minimum Gasteiger partial charge on any atom is -0.371 e. The molecule has 0 radical (unpaired) electrons. The van der Waals surface area contributed by atoms with E-state index in [0.717, 1.165) is 48.6 Å². The predicted octanol–water partition coefficient (Wildman–Crippen LogP) is 3.63. The number of amides is 1. The highest BCUT2D eigenvalue weighted by atomic mass is 16.6. The molecule has 1 fully saturated rings. The first-order valence-corrected chi connectivity index (χ1v) is 10.8. The van der Waals surface area contributed by atoms with E-state index >= 15 is 0 Å². The largest absolute Gasteiger partial charge is 0.371 e. The standard InChI is InChI=1S/C24H29N5O2/c1-17(19-6-4-3-5-7-19)26-24(30)20-8-10-22(11-9-20)29-14-12-21(13-15-29)25-16-23-18(2)27-31-28-23/h3-11,17,21,25H,12-16H2,1-2H3,(H,26,30)/t17-/m0/s1. The van der Waals surface area contributed by atoms with E-state index in [1.807, 2.05) is 68.4 Å². The lowest BCUT2D eigenvalue weighted by Crippen LogP contribution is -2.42. The fraction of sp³-hybridized carbons (Fsp3) is 0.375. The van der Waals surface area contributed by atoms with Crippen LogP contribution in [0.1, 0.15) is 53.1 Å². The Kier molecular flexibility index (Phi) is 6.62. The second-order valence-corrected chi connectivity index (χ2v) is 8.09. The van der Waals surface area contributed by atoms with Gasteiger partial charge in [0.1, 0.15) is 11.4 Å². The summed E-state index contributed by atoms with van der Waals surface area (Å²) in [5.41, 5.74) is 4.64. The highest BCUT2D eigenvalue weighted by Crippen LogP contribution is 2.21. The quantitative estimate of drug-likeness (QED) is 0.609. The van der Waals surface area contributed by atoms with Crippen LogP contribution in [0.5, 0.6) is 0 Å². The van der Waals surface area contributed by atoms with Gasteiger partial charge in [0.25, 0.3) is 5.91 Å². The Hall–Kier alpha value is -3.19. The van der Waals surface area contributed by atoms with Crippen molar-refractivity contribution in [3.8, 4) is 0 Å². The number of nitrogens with zero attached hydrogens (tertiary/aromatic N) is 3. The number of aryl methyl sites for hydroxylation is 1. The van der Waals surface area contributed by atoms with Crippen LogP contribution in [0.25, 0.3) is 0 Å². The monoisotopic (exact) mass is 419 g/mol. The molecule has 0 spiro atoms. The summed E-state index contributed by atoms with van der Waals surface area (Å²) >= 11 is 0. The van der Waals surface area contributed by atoms with Crippen LogP contribution in [0.2, 0.25) is 0 Å². The molecule has 2 aromatic carbocycles. The number of anilines is 1. The van der Waals surface area contributed by atoms with Gasteiger partial charge < -0.3 is 15.5 Å². The molecule has 2 N–H and O–H groups in total. The first-order chi connectivity index (χ1) is 15.1. The molecule has 7 heteroatoms. The maximum atomic E-state index is 12.6. The zero-order valence-electron chi connectivity index (χ0n) is 18.0. The van der Waals surface area contributed by atoms with Crippen molar-refractivity contribution in [2.24, 2.45) is 0 Å². The van der Waals surface area contributed by atoms with Crippen LogP contribution in [0, 0.1) is 6.92 Å². The number of benzene rings is 2.